The Morgan fingerprint density at radius 2 is 1.02 bits per heavy atom. The number of imidazole rings is 1. The molecule has 2 nitrogen and oxygen atoms in total. The highest BCUT2D eigenvalue weighted by Crippen LogP contribution is 2.44. The number of nitrogens with zero attached hydrogens (tertiary/aromatic N) is 2. The van der Waals surface area contributed by atoms with Crippen LogP contribution in [0.3, 0.4) is 0 Å². The van der Waals surface area contributed by atoms with Gasteiger partial charge in [0, 0.05) is 30.3 Å². The van der Waals surface area contributed by atoms with Gasteiger partial charge in [-0.3, -0.25) is 0 Å². The molecule has 0 aliphatic carbocycles. The minimum atomic E-state index is -0.0254. The second-order valence-corrected chi connectivity index (χ2v) is 14.5. The molecule has 0 amide bonds. The molecule has 256 valence electrons. The smallest absolute Gasteiger partial charge is 0.112 e. The van der Waals surface area contributed by atoms with Gasteiger partial charge in [0.05, 0.1) is 0 Å². The van der Waals surface area contributed by atoms with Gasteiger partial charge in [0.15, 0.2) is 0 Å². The molecule has 3 aromatic rings. The van der Waals surface area contributed by atoms with Crippen LogP contribution in [0, 0.1) is 0 Å². The van der Waals surface area contributed by atoms with Crippen molar-refractivity contribution in [3.63, 3.8) is 0 Å². The fraction of sp³-hybridized carbons (Fsp3) is 0.659. The Morgan fingerprint density at radius 1 is 0.565 bits per heavy atom. The minimum Gasteiger partial charge on any atom is -0.335 e. The lowest BCUT2D eigenvalue weighted by atomic mass is 9.66. The van der Waals surface area contributed by atoms with E-state index in [1.54, 1.807) is 0 Å². The molecule has 0 aliphatic rings. The number of hydrogen-bond acceptors (Lipinski definition) is 1. The lowest BCUT2D eigenvalue weighted by Crippen LogP contribution is -2.35. The highest BCUT2D eigenvalue weighted by Gasteiger charge is 2.39. The zero-order valence-electron chi connectivity index (χ0n) is 30.4. The molecule has 1 heterocycles. The zero-order chi connectivity index (χ0) is 32.5. The number of benzene rings is 2. The number of hydrogen-bond donors (Lipinski definition) is 0. The fourth-order valence-electron chi connectivity index (χ4n) is 7.60. The molecule has 0 fully saturated rings. The quantitative estimate of drug-likeness (QED) is 0.0733. The third-order valence-electron chi connectivity index (χ3n) is 10.5. The van der Waals surface area contributed by atoms with E-state index in [0.717, 1.165) is 13.0 Å². The first kappa shape index (κ1) is 38.1. The number of unbranched alkanes of at least 4 members (excludes halogenated alkanes) is 19. The Bertz CT molecular complexity index is 1100. The molecule has 46 heavy (non-hydrogen) atoms. The topological polar surface area (TPSA) is 17.8 Å². The lowest BCUT2D eigenvalue weighted by Gasteiger charge is -2.39. The van der Waals surface area contributed by atoms with Crippen LogP contribution in [0.4, 0.5) is 0 Å². The highest BCUT2D eigenvalue weighted by molar-refractivity contribution is 5.33. The van der Waals surface area contributed by atoms with Gasteiger partial charge in [0.2, 0.25) is 0 Å². The van der Waals surface area contributed by atoms with E-state index < -0.39 is 0 Å². The van der Waals surface area contributed by atoms with Crippen molar-refractivity contribution < 1.29 is 0 Å². The third kappa shape index (κ3) is 14.2. The van der Waals surface area contributed by atoms with Gasteiger partial charge in [-0.05, 0) is 30.4 Å². The van der Waals surface area contributed by atoms with Crippen molar-refractivity contribution in [3.8, 4) is 0 Å². The van der Waals surface area contributed by atoms with Gasteiger partial charge in [0.25, 0.3) is 0 Å². The molecule has 2 heteroatoms. The van der Waals surface area contributed by atoms with Crippen molar-refractivity contribution in [1.82, 2.24) is 9.55 Å². The Kier molecular flexibility index (Phi) is 19.8. The summed E-state index contributed by atoms with van der Waals surface area (Å²) in [5.74, 6) is 1.69. The lowest BCUT2D eigenvalue weighted by molar-refractivity contribution is 0.321. The van der Waals surface area contributed by atoms with Crippen LogP contribution in [0.25, 0.3) is 0 Å². The summed E-state index contributed by atoms with van der Waals surface area (Å²) >= 11 is 0. The van der Waals surface area contributed by atoms with Gasteiger partial charge >= 0.3 is 0 Å². The molecule has 3 rings (SSSR count). The summed E-state index contributed by atoms with van der Waals surface area (Å²) in [6, 6.07) is 22.5. The third-order valence-corrected chi connectivity index (χ3v) is 10.5. The second kappa shape index (κ2) is 23.9. The molecule has 0 aliphatic heterocycles. The van der Waals surface area contributed by atoms with E-state index in [1.807, 2.05) is 0 Å². The predicted octanol–water partition coefficient (Wildman–Crippen LogP) is 13.8. The fourth-order valence-corrected chi connectivity index (χ4v) is 7.60. The summed E-state index contributed by atoms with van der Waals surface area (Å²) in [5.41, 5.74) is 2.84. The van der Waals surface area contributed by atoms with Crippen molar-refractivity contribution in [1.29, 1.82) is 0 Å². The predicted molar refractivity (Wildman–Crippen MR) is 202 cm³/mol. The molecule has 2 aromatic carbocycles. The maximum atomic E-state index is 5.14. The Hall–Kier alpha value is -2.35. The zero-order valence-corrected chi connectivity index (χ0v) is 30.4. The minimum absolute atomic E-state index is 0.0254. The van der Waals surface area contributed by atoms with Crippen LogP contribution in [0.5, 0.6) is 0 Å². The summed E-state index contributed by atoms with van der Waals surface area (Å²) in [6.45, 7) is 8.22. The van der Waals surface area contributed by atoms with Gasteiger partial charge in [-0.15, -0.1) is 0 Å². The number of rotatable bonds is 28. The monoisotopic (exact) mass is 627 g/mol. The summed E-state index contributed by atoms with van der Waals surface area (Å²) in [6.07, 6.45) is 35.6. The van der Waals surface area contributed by atoms with E-state index in [1.165, 1.54) is 158 Å². The molecule has 0 spiro atoms. The molecule has 0 saturated heterocycles. The first-order valence-corrected chi connectivity index (χ1v) is 19.8. The Morgan fingerprint density at radius 3 is 1.54 bits per heavy atom. The maximum Gasteiger partial charge on any atom is 0.112 e. The van der Waals surface area contributed by atoms with Crippen molar-refractivity contribution >= 4 is 0 Å². The highest BCUT2D eigenvalue weighted by atomic mass is 15.1. The van der Waals surface area contributed by atoms with Crippen molar-refractivity contribution in [3.05, 3.63) is 90.0 Å². The van der Waals surface area contributed by atoms with E-state index in [-0.39, 0.29) is 5.41 Å². The SMILES string of the molecule is CCCCCCCCCCCCCCCCC(c1nccn1CCCCCCCCC)C(C)(Cc1ccccc1)c1ccccc1. The molecular weight excluding hydrogens is 556 g/mol. The summed E-state index contributed by atoms with van der Waals surface area (Å²) in [7, 11) is 0. The van der Waals surface area contributed by atoms with Crippen LogP contribution in [-0.2, 0) is 18.4 Å². The Balaban J connectivity index is 1.60. The molecule has 0 N–H and O–H groups in total. The van der Waals surface area contributed by atoms with Crippen LogP contribution >= 0.6 is 0 Å². The van der Waals surface area contributed by atoms with E-state index in [4.69, 9.17) is 4.98 Å². The average molecular weight is 627 g/mol. The van der Waals surface area contributed by atoms with Gasteiger partial charge in [-0.25, -0.2) is 4.98 Å². The standard InChI is InChI=1S/C44H70N2/c1-4-6-8-10-12-13-14-15-16-17-18-19-21-29-35-42(43-45-36-38-46(43)37-30-22-20-11-9-7-5-2)44(3,41-33-27-24-28-34-41)39-40-31-25-23-26-32-40/h23-28,31-34,36,38,42H,4-22,29-30,35,37,39H2,1-3H3. The average Bonchev–Trinajstić information content (AvgIpc) is 3.54. The number of aromatic nitrogens is 2. The molecule has 2 unspecified atom stereocenters. The molecule has 0 bridgehead atoms. The van der Waals surface area contributed by atoms with Crippen molar-refractivity contribution in [2.24, 2.45) is 0 Å². The van der Waals surface area contributed by atoms with Crippen LogP contribution < -0.4 is 0 Å². The Labute approximate surface area is 285 Å². The van der Waals surface area contributed by atoms with Gasteiger partial charge < -0.3 is 4.57 Å². The molecule has 2 atom stereocenters. The summed E-state index contributed by atoms with van der Waals surface area (Å²) < 4.78 is 2.52. The molecule has 0 saturated carbocycles. The normalized spacial score (nSPS) is 13.5. The first-order chi connectivity index (χ1) is 22.7. The van der Waals surface area contributed by atoms with Crippen molar-refractivity contribution in [2.75, 3.05) is 0 Å². The largest absolute Gasteiger partial charge is 0.335 e. The molecular formula is C44H70N2. The number of aryl methyl sites for hydroxylation is 1. The maximum absolute atomic E-state index is 5.14. The second-order valence-electron chi connectivity index (χ2n) is 14.5. The summed E-state index contributed by atoms with van der Waals surface area (Å²) in [4.78, 5) is 5.14. The van der Waals surface area contributed by atoms with Gasteiger partial charge in [-0.2, -0.15) is 0 Å². The van der Waals surface area contributed by atoms with E-state index in [0.29, 0.717) is 5.92 Å². The van der Waals surface area contributed by atoms with Crippen LogP contribution in [0.15, 0.2) is 73.1 Å². The molecule has 0 radical (unpaired) electrons. The van der Waals surface area contributed by atoms with E-state index in [9.17, 15) is 0 Å². The van der Waals surface area contributed by atoms with E-state index in [2.05, 4.69) is 98.4 Å². The van der Waals surface area contributed by atoms with Crippen LogP contribution in [0.2, 0.25) is 0 Å². The first-order valence-electron chi connectivity index (χ1n) is 19.8. The molecule has 1 aromatic heterocycles. The van der Waals surface area contributed by atoms with Crippen LogP contribution in [-0.4, -0.2) is 9.55 Å². The van der Waals surface area contributed by atoms with Gasteiger partial charge in [-0.1, -0.05) is 210 Å². The van der Waals surface area contributed by atoms with E-state index >= 15 is 0 Å². The van der Waals surface area contributed by atoms with Crippen molar-refractivity contribution in [2.45, 2.75) is 186 Å². The van der Waals surface area contributed by atoms with Gasteiger partial charge in [0.1, 0.15) is 5.82 Å². The summed E-state index contributed by atoms with van der Waals surface area (Å²) in [5, 5.41) is 0. The van der Waals surface area contributed by atoms with Crippen LogP contribution in [0.1, 0.15) is 185 Å².